The molecule has 1 aliphatic rings. The summed E-state index contributed by atoms with van der Waals surface area (Å²) in [4.78, 5) is 11.8. The number of aryl methyl sites for hydroxylation is 2. The Morgan fingerprint density at radius 3 is 2.44 bits per heavy atom. The molecule has 0 aromatic heterocycles. The van der Waals surface area contributed by atoms with E-state index in [1.165, 1.54) is 11.1 Å². The van der Waals surface area contributed by atoms with Gasteiger partial charge in [0.1, 0.15) is 11.5 Å². The van der Waals surface area contributed by atoms with Crippen molar-refractivity contribution < 1.29 is 9.53 Å². The van der Waals surface area contributed by atoms with Crippen LogP contribution in [-0.2, 0) is 12.8 Å². The predicted octanol–water partition coefficient (Wildman–Crippen LogP) is 6.25. The summed E-state index contributed by atoms with van der Waals surface area (Å²) in [5.74, 6) is 1.97. The normalized spacial score (nSPS) is 13.1. The van der Waals surface area contributed by atoms with Crippen LogP contribution in [0.15, 0.2) is 78.9 Å². The molecule has 0 bridgehead atoms. The lowest BCUT2D eigenvalue weighted by molar-refractivity contribution is 0.0994. The smallest absolute Gasteiger partial charge is 0.163 e. The topological polar surface area (TPSA) is 26.3 Å². The average molecular weight is 354 g/mol. The van der Waals surface area contributed by atoms with Gasteiger partial charge in [-0.15, -0.1) is 0 Å². The van der Waals surface area contributed by atoms with Crippen molar-refractivity contribution >= 4 is 11.9 Å². The molecule has 134 valence electrons. The van der Waals surface area contributed by atoms with Crippen LogP contribution < -0.4 is 4.74 Å². The van der Waals surface area contributed by atoms with Crippen molar-refractivity contribution in [2.45, 2.75) is 25.7 Å². The Kier molecular flexibility index (Phi) is 5.15. The van der Waals surface area contributed by atoms with Crippen LogP contribution >= 0.6 is 0 Å². The summed E-state index contributed by atoms with van der Waals surface area (Å²) >= 11 is 0. The molecule has 0 N–H and O–H groups in total. The summed E-state index contributed by atoms with van der Waals surface area (Å²) in [5, 5.41) is 0. The van der Waals surface area contributed by atoms with Crippen molar-refractivity contribution in [2.75, 3.05) is 0 Å². The molecule has 0 saturated heterocycles. The number of hydrogen-bond donors (Lipinski definition) is 0. The number of hydrogen-bond acceptors (Lipinski definition) is 2. The third-order valence-corrected chi connectivity index (χ3v) is 4.87. The molecule has 0 heterocycles. The fourth-order valence-electron chi connectivity index (χ4n) is 3.38. The van der Waals surface area contributed by atoms with Crippen molar-refractivity contribution in [1.82, 2.24) is 0 Å². The van der Waals surface area contributed by atoms with Crippen molar-refractivity contribution in [3.05, 3.63) is 101 Å². The van der Waals surface area contributed by atoms with Crippen molar-refractivity contribution in [2.24, 2.45) is 0 Å². The van der Waals surface area contributed by atoms with Crippen LogP contribution in [0.5, 0.6) is 11.5 Å². The molecule has 0 fully saturated rings. The van der Waals surface area contributed by atoms with Crippen LogP contribution in [0, 0.1) is 0 Å². The van der Waals surface area contributed by atoms with Gasteiger partial charge >= 0.3 is 0 Å². The molecule has 0 saturated carbocycles. The van der Waals surface area contributed by atoms with Gasteiger partial charge in [-0.3, -0.25) is 4.79 Å². The molecule has 3 aromatic carbocycles. The van der Waals surface area contributed by atoms with Gasteiger partial charge in [0, 0.05) is 12.0 Å². The standard InChI is InChI=1S/C25H22O2/c26-25-17-14-21-13-10-20(18-24(21)25)7-5-4-6-19-11-15-23(16-12-19)27-22-8-2-1-3-9-22/h1-3,5,7-13,15-16,18H,4,6,14,17H2/b7-5+. The maximum Gasteiger partial charge on any atom is 0.163 e. The second kappa shape index (κ2) is 8.05. The molecule has 2 heteroatoms. The van der Waals surface area contributed by atoms with E-state index in [4.69, 9.17) is 4.74 Å². The minimum Gasteiger partial charge on any atom is -0.457 e. The Balaban J connectivity index is 1.31. The van der Waals surface area contributed by atoms with Crippen molar-refractivity contribution in [3.8, 4) is 11.5 Å². The lowest BCUT2D eigenvalue weighted by Gasteiger charge is -2.06. The summed E-state index contributed by atoms with van der Waals surface area (Å²) in [7, 11) is 0. The van der Waals surface area contributed by atoms with E-state index in [1.807, 2.05) is 48.5 Å². The quantitative estimate of drug-likeness (QED) is 0.523. The summed E-state index contributed by atoms with van der Waals surface area (Å²) in [6.07, 6.45) is 7.78. The Hall–Kier alpha value is -3.13. The monoisotopic (exact) mass is 354 g/mol. The van der Waals surface area contributed by atoms with Crippen LogP contribution in [0.3, 0.4) is 0 Å². The number of fused-ring (bicyclic) bond motifs is 1. The highest BCUT2D eigenvalue weighted by atomic mass is 16.5. The predicted molar refractivity (Wildman–Crippen MR) is 109 cm³/mol. The Bertz CT molecular complexity index is 953. The number of carbonyl (C=O) groups excluding carboxylic acids is 1. The Labute approximate surface area is 160 Å². The minimum atomic E-state index is 0.276. The van der Waals surface area contributed by atoms with Crippen LogP contribution in [0.1, 0.15) is 39.9 Å². The van der Waals surface area contributed by atoms with E-state index in [0.29, 0.717) is 6.42 Å². The number of rotatable bonds is 6. The molecule has 27 heavy (non-hydrogen) atoms. The van der Waals surface area contributed by atoms with Crippen LogP contribution in [0.4, 0.5) is 0 Å². The molecule has 1 aliphatic carbocycles. The molecular formula is C25H22O2. The molecule has 0 aliphatic heterocycles. The van der Waals surface area contributed by atoms with Gasteiger partial charge in [0.2, 0.25) is 0 Å². The number of ether oxygens (including phenoxy) is 1. The van der Waals surface area contributed by atoms with E-state index in [1.54, 1.807) is 0 Å². The third kappa shape index (κ3) is 4.35. The van der Waals surface area contributed by atoms with E-state index in [0.717, 1.165) is 41.9 Å². The van der Waals surface area contributed by atoms with E-state index in [-0.39, 0.29) is 5.78 Å². The summed E-state index contributed by atoms with van der Waals surface area (Å²) in [6.45, 7) is 0. The molecule has 2 nitrogen and oxygen atoms in total. The number of allylic oxidation sites excluding steroid dienone is 1. The zero-order valence-electron chi connectivity index (χ0n) is 15.2. The first-order chi connectivity index (χ1) is 13.3. The third-order valence-electron chi connectivity index (χ3n) is 4.87. The van der Waals surface area contributed by atoms with Crippen LogP contribution in [0.2, 0.25) is 0 Å². The van der Waals surface area contributed by atoms with Gasteiger partial charge < -0.3 is 4.74 Å². The Morgan fingerprint density at radius 1 is 0.852 bits per heavy atom. The van der Waals surface area contributed by atoms with Crippen molar-refractivity contribution in [3.63, 3.8) is 0 Å². The second-order valence-corrected chi connectivity index (χ2v) is 6.84. The molecule has 0 unspecified atom stereocenters. The fourth-order valence-corrected chi connectivity index (χ4v) is 3.38. The van der Waals surface area contributed by atoms with Crippen LogP contribution in [0.25, 0.3) is 6.08 Å². The van der Waals surface area contributed by atoms with E-state index < -0.39 is 0 Å². The fraction of sp³-hybridized carbons (Fsp3) is 0.160. The van der Waals surface area contributed by atoms with E-state index >= 15 is 0 Å². The van der Waals surface area contributed by atoms with Gasteiger partial charge in [0.15, 0.2) is 5.78 Å². The first-order valence-electron chi connectivity index (χ1n) is 9.42. The minimum absolute atomic E-state index is 0.276. The maximum atomic E-state index is 11.8. The molecule has 0 atom stereocenters. The van der Waals surface area contributed by atoms with Gasteiger partial charge in [0.25, 0.3) is 0 Å². The highest BCUT2D eigenvalue weighted by molar-refractivity contribution is 6.00. The van der Waals surface area contributed by atoms with Crippen LogP contribution in [-0.4, -0.2) is 5.78 Å². The average Bonchev–Trinajstić information content (AvgIpc) is 3.08. The zero-order chi connectivity index (χ0) is 18.5. The first kappa shape index (κ1) is 17.3. The second-order valence-electron chi connectivity index (χ2n) is 6.84. The van der Waals surface area contributed by atoms with Gasteiger partial charge in [0.05, 0.1) is 0 Å². The summed E-state index contributed by atoms with van der Waals surface area (Å²) in [5.41, 5.74) is 4.49. The van der Waals surface area contributed by atoms with Gasteiger partial charge in [-0.1, -0.05) is 54.6 Å². The molecule has 0 amide bonds. The summed E-state index contributed by atoms with van der Waals surface area (Å²) < 4.78 is 5.82. The Morgan fingerprint density at radius 2 is 1.63 bits per heavy atom. The highest BCUT2D eigenvalue weighted by Crippen LogP contribution is 2.24. The van der Waals surface area contributed by atoms with E-state index in [2.05, 4.69) is 36.4 Å². The van der Waals surface area contributed by atoms with Gasteiger partial charge in [-0.05, 0) is 66.3 Å². The zero-order valence-corrected chi connectivity index (χ0v) is 15.2. The van der Waals surface area contributed by atoms with Gasteiger partial charge in [-0.25, -0.2) is 0 Å². The first-order valence-corrected chi connectivity index (χ1v) is 9.42. The van der Waals surface area contributed by atoms with E-state index in [9.17, 15) is 4.79 Å². The number of Topliss-reactive ketones (excluding diaryl/α,β-unsaturated/α-hetero) is 1. The SMILES string of the molecule is O=C1CCc2ccc(/C=C/CCc3ccc(Oc4ccccc4)cc3)cc21. The number of ketones is 1. The molecule has 0 spiro atoms. The van der Waals surface area contributed by atoms with Gasteiger partial charge in [-0.2, -0.15) is 0 Å². The maximum absolute atomic E-state index is 11.8. The largest absolute Gasteiger partial charge is 0.457 e. The molecule has 4 rings (SSSR count). The number of carbonyl (C=O) groups is 1. The molecule has 0 radical (unpaired) electrons. The molecular weight excluding hydrogens is 332 g/mol. The summed E-state index contributed by atoms with van der Waals surface area (Å²) in [6, 6.07) is 24.3. The lowest BCUT2D eigenvalue weighted by Crippen LogP contribution is -1.91. The van der Waals surface area contributed by atoms with Crippen molar-refractivity contribution in [1.29, 1.82) is 0 Å². The number of para-hydroxylation sites is 1. The highest BCUT2D eigenvalue weighted by Gasteiger charge is 2.18. The molecule has 3 aromatic rings. The lowest BCUT2D eigenvalue weighted by atomic mass is 10.0. The number of benzene rings is 3.